The molecule has 0 unspecified atom stereocenters. The van der Waals surface area contributed by atoms with Gasteiger partial charge in [-0.1, -0.05) is 79.3 Å². The van der Waals surface area contributed by atoms with Gasteiger partial charge in [-0.15, -0.1) is 0 Å². The van der Waals surface area contributed by atoms with Gasteiger partial charge in [-0.3, -0.25) is 18.9 Å². The monoisotopic (exact) mass is 621 g/mol. The first-order valence-electron chi connectivity index (χ1n) is 15.2. The Kier molecular flexibility index (Phi) is 8.79. The Balaban J connectivity index is 1.26. The van der Waals surface area contributed by atoms with E-state index in [0.29, 0.717) is 30.9 Å². The van der Waals surface area contributed by atoms with Gasteiger partial charge in [-0.2, -0.15) is 0 Å². The second-order valence-corrected chi connectivity index (χ2v) is 11.9. The third-order valence-corrected chi connectivity index (χ3v) is 8.67. The molecule has 6 rings (SSSR count). The van der Waals surface area contributed by atoms with Crippen LogP contribution in [-0.2, 0) is 32.4 Å². The molecule has 0 saturated heterocycles. The van der Waals surface area contributed by atoms with Crippen molar-refractivity contribution in [1.29, 1.82) is 0 Å². The number of unbranched alkanes of at least 4 members (excludes halogenated alkanes) is 1. The van der Waals surface area contributed by atoms with Crippen LogP contribution in [0.25, 0.3) is 22.5 Å². The first-order valence-corrected chi connectivity index (χ1v) is 15.6. The molecule has 5 aromatic rings. The minimum atomic E-state index is -0.600. The highest BCUT2D eigenvalue weighted by Crippen LogP contribution is 2.30. The summed E-state index contributed by atoms with van der Waals surface area (Å²) in [5.41, 5.74) is 7.08. The molecular formula is C34H35N7O3S. The van der Waals surface area contributed by atoms with Crippen LogP contribution < -0.4 is 11.3 Å². The van der Waals surface area contributed by atoms with E-state index >= 15 is 0 Å². The van der Waals surface area contributed by atoms with E-state index in [0.717, 1.165) is 88.1 Å². The first kappa shape index (κ1) is 30.3. The molecule has 0 radical (unpaired) electrons. The van der Waals surface area contributed by atoms with E-state index in [2.05, 4.69) is 31.9 Å². The number of H-pyrrole nitrogens is 1. The number of nitrogens with one attached hydrogen (secondary N) is 1. The van der Waals surface area contributed by atoms with Crippen molar-refractivity contribution in [2.45, 2.75) is 66.0 Å². The number of aromatic amines is 1. The van der Waals surface area contributed by atoms with Crippen molar-refractivity contribution in [1.82, 2.24) is 34.6 Å². The zero-order chi connectivity index (χ0) is 31.5. The van der Waals surface area contributed by atoms with Crippen molar-refractivity contribution >= 4 is 17.2 Å². The number of hydrogen-bond acceptors (Lipinski definition) is 8. The number of thiocarbonyl (C=S) groups is 1. The summed E-state index contributed by atoms with van der Waals surface area (Å²) in [5, 5.41) is 3.86. The molecule has 0 atom stereocenters. The Labute approximate surface area is 266 Å². The summed E-state index contributed by atoms with van der Waals surface area (Å²) in [6.45, 7) is 7.76. The fourth-order valence-corrected chi connectivity index (χ4v) is 6.10. The van der Waals surface area contributed by atoms with Gasteiger partial charge < -0.3 is 4.90 Å². The van der Waals surface area contributed by atoms with Gasteiger partial charge in [0.05, 0.1) is 17.2 Å². The molecule has 2 aromatic carbocycles. The molecule has 11 heteroatoms. The van der Waals surface area contributed by atoms with Crippen LogP contribution in [0.2, 0.25) is 0 Å². The Hall–Kier alpha value is -4.77. The smallest absolute Gasteiger partial charge is 0.361 e. The third kappa shape index (κ3) is 6.53. The van der Waals surface area contributed by atoms with Crippen LogP contribution >= 0.6 is 12.2 Å². The lowest BCUT2D eigenvalue weighted by Gasteiger charge is -2.30. The quantitative estimate of drug-likeness (QED) is 0.227. The molecule has 0 aliphatic carbocycles. The summed E-state index contributed by atoms with van der Waals surface area (Å²) in [5.74, 6) is 1.34. The van der Waals surface area contributed by atoms with E-state index in [4.69, 9.17) is 21.7 Å². The van der Waals surface area contributed by atoms with E-state index in [1.807, 2.05) is 73.1 Å². The van der Waals surface area contributed by atoms with Gasteiger partial charge in [0.1, 0.15) is 11.6 Å². The summed E-state index contributed by atoms with van der Waals surface area (Å²) in [6.07, 6.45) is 5.72. The maximum absolute atomic E-state index is 14.1. The van der Waals surface area contributed by atoms with E-state index in [9.17, 15) is 9.59 Å². The minimum Gasteiger partial charge on any atom is -0.361 e. The van der Waals surface area contributed by atoms with Crippen LogP contribution in [0.4, 0.5) is 0 Å². The average molecular weight is 622 g/mol. The summed E-state index contributed by atoms with van der Waals surface area (Å²) < 4.78 is 6.54. The Morgan fingerprint density at radius 3 is 2.56 bits per heavy atom. The van der Waals surface area contributed by atoms with Crippen molar-refractivity contribution in [2.75, 3.05) is 6.54 Å². The van der Waals surface area contributed by atoms with Crippen LogP contribution in [0.15, 0.2) is 68.8 Å². The molecule has 10 nitrogen and oxygen atoms in total. The third-order valence-electron chi connectivity index (χ3n) is 8.27. The zero-order valence-corrected chi connectivity index (χ0v) is 26.5. The molecule has 230 valence electrons. The molecule has 4 heterocycles. The summed E-state index contributed by atoms with van der Waals surface area (Å²) in [7, 11) is 0. The lowest BCUT2D eigenvalue weighted by molar-refractivity contribution is 0.388. The number of hydrogen-bond donors (Lipinski definition) is 1. The van der Waals surface area contributed by atoms with Gasteiger partial charge in [-0.05, 0) is 37.0 Å². The van der Waals surface area contributed by atoms with Crippen molar-refractivity contribution in [3.8, 4) is 22.5 Å². The van der Waals surface area contributed by atoms with Gasteiger partial charge in [0.25, 0.3) is 5.56 Å². The van der Waals surface area contributed by atoms with Crippen LogP contribution in [0.5, 0.6) is 0 Å². The lowest BCUT2D eigenvalue weighted by Crippen LogP contribution is -2.38. The maximum Gasteiger partial charge on any atom is 0.439 e. The second-order valence-electron chi connectivity index (χ2n) is 11.4. The molecule has 0 saturated carbocycles. The first-order chi connectivity index (χ1) is 21.8. The van der Waals surface area contributed by atoms with Crippen molar-refractivity contribution < 1.29 is 4.52 Å². The van der Waals surface area contributed by atoms with Crippen LogP contribution in [0, 0.1) is 13.8 Å². The topological polar surface area (TPSA) is 123 Å². The predicted octanol–water partition coefficient (Wildman–Crippen LogP) is 4.98. The fourth-order valence-electron chi connectivity index (χ4n) is 5.80. The van der Waals surface area contributed by atoms with Gasteiger partial charge in [0, 0.05) is 60.9 Å². The van der Waals surface area contributed by atoms with Crippen molar-refractivity contribution in [3.63, 3.8) is 0 Å². The fraction of sp³-hybridized carbons (Fsp3) is 0.324. The van der Waals surface area contributed by atoms with Gasteiger partial charge in [0.2, 0.25) is 0 Å². The van der Waals surface area contributed by atoms with Crippen LogP contribution in [-0.4, -0.2) is 46.1 Å². The Morgan fingerprint density at radius 2 is 1.82 bits per heavy atom. The van der Waals surface area contributed by atoms with E-state index in [1.165, 1.54) is 0 Å². The number of benzene rings is 2. The molecule has 3 aromatic heterocycles. The number of aromatic nitrogens is 6. The molecule has 1 aliphatic heterocycles. The molecule has 1 N–H and O–H groups in total. The van der Waals surface area contributed by atoms with Crippen LogP contribution in [0.3, 0.4) is 0 Å². The zero-order valence-electron chi connectivity index (χ0n) is 25.7. The molecule has 1 aliphatic rings. The summed E-state index contributed by atoms with van der Waals surface area (Å²) >= 11 is 5.89. The highest BCUT2D eigenvalue weighted by molar-refractivity contribution is 7.80. The van der Waals surface area contributed by atoms with E-state index in [-0.39, 0.29) is 5.56 Å². The maximum atomic E-state index is 14.1. The SMILES string of the molecule is CCCCc1nc(C)c(CC(=S)N2CCc3nc(C)ncc3C2)c(=O)n1Cc1ccc(-c2ccccc2-c2noc(=O)[nH]2)cc1. The van der Waals surface area contributed by atoms with Crippen molar-refractivity contribution in [3.05, 3.63) is 115 Å². The number of aryl methyl sites for hydroxylation is 3. The predicted molar refractivity (Wildman–Crippen MR) is 176 cm³/mol. The molecule has 0 bridgehead atoms. The average Bonchev–Trinajstić information content (AvgIpc) is 3.49. The number of nitrogens with zero attached hydrogens (tertiary/aromatic N) is 6. The van der Waals surface area contributed by atoms with Gasteiger partial charge >= 0.3 is 5.76 Å². The van der Waals surface area contributed by atoms with E-state index < -0.39 is 5.76 Å². The minimum absolute atomic E-state index is 0.0447. The second kappa shape index (κ2) is 13.1. The van der Waals surface area contributed by atoms with E-state index in [1.54, 1.807) is 0 Å². The summed E-state index contributed by atoms with van der Waals surface area (Å²) in [4.78, 5) is 45.1. The highest BCUT2D eigenvalue weighted by Gasteiger charge is 2.23. The van der Waals surface area contributed by atoms with Gasteiger partial charge in [0.15, 0.2) is 5.82 Å². The highest BCUT2D eigenvalue weighted by atomic mass is 32.1. The molecule has 0 spiro atoms. The molecule has 45 heavy (non-hydrogen) atoms. The van der Waals surface area contributed by atoms with Gasteiger partial charge in [-0.25, -0.2) is 19.7 Å². The number of rotatable bonds is 9. The Morgan fingerprint density at radius 1 is 1.04 bits per heavy atom. The number of fused-ring (bicyclic) bond motifs is 1. The van der Waals surface area contributed by atoms with Crippen molar-refractivity contribution in [2.24, 2.45) is 0 Å². The Bertz CT molecular complexity index is 1980. The lowest BCUT2D eigenvalue weighted by atomic mass is 9.98. The largest absolute Gasteiger partial charge is 0.439 e. The standard InChI is InChI=1S/C34H35N7O3S/c1-4-5-10-30-36-21(2)28(17-31(45)40-16-15-29-25(20-40)18-35-22(3)37-29)33(42)41(30)19-23-11-13-24(14-12-23)26-8-6-7-9-27(26)32-38-34(43)44-39-32/h6-9,11-14,18H,4-5,10,15-17,19-20H2,1-3H3,(H,38,39,43). The normalized spacial score (nSPS) is 12.7. The van der Waals surface area contributed by atoms with Crippen LogP contribution in [0.1, 0.15) is 59.5 Å². The molecule has 0 amide bonds. The molecular weight excluding hydrogens is 586 g/mol. The molecule has 0 fully saturated rings. The summed E-state index contributed by atoms with van der Waals surface area (Å²) in [6, 6.07) is 15.7.